The molecule has 2 N–H and O–H groups in total. The topological polar surface area (TPSA) is 209 Å². The van der Waals surface area contributed by atoms with Gasteiger partial charge in [0.1, 0.15) is 36.5 Å². The van der Waals surface area contributed by atoms with E-state index in [0.717, 1.165) is 19.1 Å². The van der Waals surface area contributed by atoms with Gasteiger partial charge in [0.25, 0.3) is 0 Å². The lowest BCUT2D eigenvalue weighted by molar-refractivity contribution is -0.178. The molecule has 2 fully saturated rings. The average molecular weight is 965 g/mol. The van der Waals surface area contributed by atoms with Crippen LogP contribution in [0.3, 0.4) is 0 Å². The van der Waals surface area contributed by atoms with Crippen molar-refractivity contribution in [1.29, 1.82) is 0 Å². The fourth-order valence-corrected chi connectivity index (χ4v) is 9.95. The summed E-state index contributed by atoms with van der Waals surface area (Å²) in [5, 5.41) is 12.8. The number of cyclic esters (lactones) is 1. The molecular weight excluding hydrogens is 913 g/mol. The van der Waals surface area contributed by atoms with Crippen molar-refractivity contribution in [3.05, 3.63) is 161 Å². The molecule has 4 aromatic carbocycles. The van der Waals surface area contributed by atoms with Crippen LogP contribution < -0.4 is 15.0 Å². The number of hydrogen-bond acceptors (Lipinski definition) is 15. The van der Waals surface area contributed by atoms with Gasteiger partial charge in [0, 0.05) is 44.0 Å². The molecule has 17 nitrogen and oxygen atoms in total. The van der Waals surface area contributed by atoms with E-state index in [-0.39, 0.29) is 56.2 Å². The average Bonchev–Trinajstić information content (AvgIpc) is 3.86. The number of fused-ring (bicyclic) bond motifs is 3. The number of nitrogens with one attached hydrogen (secondary N) is 1. The number of hydrogen-bond donors (Lipinski definition) is 2. The van der Waals surface area contributed by atoms with Gasteiger partial charge < -0.3 is 38.8 Å². The third-order valence-corrected chi connectivity index (χ3v) is 12.9. The first-order valence-electron chi connectivity index (χ1n) is 23.0. The first-order valence-corrected chi connectivity index (χ1v) is 23.0. The molecule has 0 aliphatic carbocycles. The van der Waals surface area contributed by atoms with Crippen molar-refractivity contribution in [2.75, 3.05) is 59.2 Å². The Morgan fingerprint density at radius 2 is 1.51 bits per heavy atom. The van der Waals surface area contributed by atoms with Crippen LogP contribution in [0.2, 0.25) is 0 Å². The number of amides is 3. The molecule has 5 aromatic rings. The van der Waals surface area contributed by atoms with Crippen LogP contribution in [-0.2, 0) is 59.5 Å². The van der Waals surface area contributed by atoms with Gasteiger partial charge in [0.2, 0.25) is 11.8 Å². The van der Waals surface area contributed by atoms with Crippen molar-refractivity contribution in [3.8, 4) is 17.6 Å². The molecule has 6 unspecified atom stereocenters. The van der Waals surface area contributed by atoms with E-state index < -0.39 is 77.3 Å². The van der Waals surface area contributed by atoms with Crippen LogP contribution in [0.4, 0.5) is 10.5 Å². The molecule has 1 spiro atoms. The van der Waals surface area contributed by atoms with Gasteiger partial charge in [-0.2, -0.15) is 0 Å². The summed E-state index contributed by atoms with van der Waals surface area (Å²) < 4.78 is 33.0. The van der Waals surface area contributed by atoms with Crippen molar-refractivity contribution in [2.45, 2.75) is 42.5 Å². The molecule has 71 heavy (non-hydrogen) atoms. The van der Waals surface area contributed by atoms with Gasteiger partial charge in [-0.3, -0.25) is 33.9 Å². The van der Waals surface area contributed by atoms with Crippen molar-refractivity contribution in [1.82, 2.24) is 15.2 Å². The summed E-state index contributed by atoms with van der Waals surface area (Å²) in [5.41, 5.74) is 0.728. The van der Waals surface area contributed by atoms with Crippen molar-refractivity contribution in [3.63, 3.8) is 0 Å². The van der Waals surface area contributed by atoms with Crippen molar-refractivity contribution in [2.24, 2.45) is 11.8 Å². The third kappa shape index (κ3) is 9.69. The second-order valence-corrected chi connectivity index (χ2v) is 16.9. The summed E-state index contributed by atoms with van der Waals surface area (Å²) >= 11 is 0. The Morgan fingerprint density at radius 3 is 2.18 bits per heavy atom. The summed E-state index contributed by atoms with van der Waals surface area (Å²) in [7, 11) is 3.71. The Kier molecular flexibility index (Phi) is 15.5. The number of carbonyl (C=O) groups excluding carboxylic acids is 6. The van der Waals surface area contributed by atoms with E-state index >= 15 is 14.4 Å². The summed E-state index contributed by atoms with van der Waals surface area (Å²) in [6.07, 6.45) is -0.422. The number of aromatic nitrogens is 1. The van der Waals surface area contributed by atoms with Crippen LogP contribution >= 0.6 is 0 Å². The summed E-state index contributed by atoms with van der Waals surface area (Å²) in [6.45, 7) is -0.550. The molecule has 0 radical (unpaired) electrons. The predicted molar refractivity (Wildman–Crippen MR) is 254 cm³/mol. The zero-order valence-corrected chi connectivity index (χ0v) is 39.2. The van der Waals surface area contributed by atoms with E-state index in [1.807, 2.05) is 77.7 Å². The molecule has 3 aliphatic rings. The Labute approximate surface area is 409 Å². The molecular formula is C54H52N4O13. The standard InChI is InChI=1S/C54H52N4O13/c1-66-30-31-70-53(65)57-42-24-23-34(14-12-22-40(49(61)67-2)50(62)68-3)32-41(42)54(52(57)64)43(48(60)56-27-25-38-20-10-11-26-55-38)45-51(63)71-46(36-17-8-5-9-18-36)44(35-15-6-4-7-16-35)58(45)47(54)37-19-13-21-39(33-37)69-29-28-59/h4-11,13,15-21,23-24,26,32-33,40,43-47,59H,22,25,27-31H2,1-3H3,(H,56,60). The second kappa shape index (κ2) is 22.2. The van der Waals surface area contributed by atoms with Crippen LogP contribution in [0, 0.1) is 23.7 Å². The highest BCUT2D eigenvalue weighted by molar-refractivity contribution is 6.23. The van der Waals surface area contributed by atoms with E-state index in [4.69, 9.17) is 28.4 Å². The lowest BCUT2D eigenvalue weighted by atomic mass is 9.65. The minimum Gasteiger partial charge on any atom is -0.491 e. The number of ether oxygens (including phenoxy) is 6. The van der Waals surface area contributed by atoms with Crippen LogP contribution in [0.25, 0.3) is 0 Å². The van der Waals surface area contributed by atoms with E-state index in [2.05, 4.69) is 22.1 Å². The highest BCUT2D eigenvalue weighted by atomic mass is 16.6. The van der Waals surface area contributed by atoms with Crippen molar-refractivity contribution < 1.29 is 62.3 Å². The van der Waals surface area contributed by atoms with Gasteiger partial charge in [-0.05, 0) is 64.7 Å². The number of carbonyl (C=O) groups is 6. The number of rotatable bonds is 16. The van der Waals surface area contributed by atoms with Gasteiger partial charge in [-0.25, -0.2) is 9.69 Å². The fourth-order valence-electron chi connectivity index (χ4n) is 9.95. The number of methoxy groups -OCH3 is 3. The van der Waals surface area contributed by atoms with Gasteiger partial charge in [-0.15, -0.1) is 0 Å². The van der Waals surface area contributed by atoms with Gasteiger partial charge in [-0.1, -0.05) is 90.7 Å². The van der Waals surface area contributed by atoms with Gasteiger partial charge in [0.15, 0.2) is 5.92 Å². The zero-order chi connectivity index (χ0) is 50.1. The van der Waals surface area contributed by atoms with Crippen LogP contribution in [0.15, 0.2) is 128 Å². The molecule has 0 bridgehead atoms. The SMILES string of the molecule is COCCOC(=O)N1C(=O)C2(c3cc(C#CCC(C(=O)OC)C(=O)OC)ccc31)C(C(=O)NCCc1ccccn1)C1C(=O)OC(c3ccccc3)C(c3ccccc3)N1C2c1cccc(OCCO)c1. The van der Waals surface area contributed by atoms with Crippen molar-refractivity contribution >= 4 is 41.5 Å². The summed E-state index contributed by atoms with van der Waals surface area (Å²) in [5.74, 6) is -0.876. The lowest BCUT2D eigenvalue weighted by Gasteiger charge is -2.46. The molecule has 17 heteroatoms. The molecule has 3 aliphatic heterocycles. The Balaban J connectivity index is 1.42. The highest BCUT2D eigenvalue weighted by Crippen LogP contribution is 2.66. The highest BCUT2D eigenvalue weighted by Gasteiger charge is 2.75. The summed E-state index contributed by atoms with van der Waals surface area (Å²) in [4.78, 5) is 94.4. The maximum atomic E-state index is 16.4. The largest absolute Gasteiger partial charge is 0.491 e. The Bertz CT molecular complexity index is 2800. The number of aliphatic hydroxyl groups is 1. The number of benzene rings is 4. The van der Waals surface area contributed by atoms with Crippen LogP contribution in [0.5, 0.6) is 5.75 Å². The lowest BCUT2D eigenvalue weighted by Crippen LogP contribution is -2.56. The Morgan fingerprint density at radius 1 is 0.803 bits per heavy atom. The van der Waals surface area contributed by atoms with Crippen LogP contribution in [0.1, 0.15) is 58.1 Å². The molecule has 1 aromatic heterocycles. The maximum Gasteiger partial charge on any atom is 0.421 e. The quantitative estimate of drug-likeness (QED) is 0.0440. The van der Waals surface area contributed by atoms with E-state index in [1.54, 1.807) is 48.7 Å². The molecule has 366 valence electrons. The maximum absolute atomic E-state index is 16.4. The monoisotopic (exact) mass is 964 g/mol. The van der Waals surface area contributed by atoms with E-state index in [1.165, 1.54) is 13.2 Å². The summed E-state index contributed by atoms with van der Waals surface area (Å²) in [6, 6.07) is 31.7. The fraction of sp³-hybridized carbons (Fsp3) is 0.315. The molecule has 0 saturated carbocycles. The zero-order valence-electron chi connectivity index (χ0n) is 39.2. The smallest absolute Gasteiger partial charge is 0.421 e. The second-order valence-electron chi connectivity index (χ2n) is 16.9. The Hall–Kier alpha value is -7.91. The van der Waals surface area contributed by atoms with Gasteiger partial charge >= 0.3 is 24.0 Å². The number of imide groups is 1. The first kappa shape index (κ1) is 49.5. The third-order valence-electron chi connectivity index (χ3n) is 12.9. The molecule has 4 heterocycles. The minimum absolute atomic E-state index is 0.00429. The number of anilines is 1. The van der Waals surface area contributed by atoms with Gasteiger partial charge in [0.05, 0.1) is 51.1 Å². The number of aliphatic hydroxyl groups excluding tert-OH is 1. The number of nitrogens with zero attached hydrogens (tertiary/aromatic N) is 3. The molecule has 6 atom stereocenters. The van der Waals surface area contributed by atoms with Crippen LogP contribution in [-0.4, -0.2) is 111 Å². The molecule has 8 rings (SSSR count). The molecule has 2 saturated heterocycles. The normalized spacial score (nSPS) is 21.1. The number of esters is 3. The van der Waals surface area contributed by atoms with E-state index in [9.17, 15) is 19.5 Å². The molecule has 3 amide bonds. The first-order chi connectivity index (χ1) is 34.6. The minimum atomic E-state index is -2.17. The predicted octanol–water partition coefficient (Wildman–Crippen LogP) is 4.96. The van der Waals surface area contributed by atoms with E-state index in [0.29, 0.717) is 34.6 Å². The number of pyridine rings is 1. The number of morpholine rings is 1.